The van der Waals surface area contributed by atoms with Crippen molar-refractivity contribution in [1.29, 1.82) is 0 Å². The molecule has 0 aliphatic carbocycles. The lowest BCUT2D eigenvalue weighted by molar-refractivity contribution is 0.900. The molecule has 0 amide bonds. The number of halogens is 2. The van der Waals surface area contributed by atoms with E-state index in [2.05, 4.69) is 20.7 Å². The number of nitrogens with one attached hydrogen (secondary N) is 1. The Labute approximate surface area is 119 Å². The molecule has 19 heavy (non-hydrogen) atoms. The Morgan fingerprint density at radius 2 is 1.74 bits per heavy atom. The number of nitrogens with zero attached hydrogens (tertiary/aromatic N) is 3. The fourth-order valence-corrected chi connectivity index (χ4v) is 2.03. The van der Waals surface area contributed by atoms with Gasteiger partial charge in [0.2, 0.25) is 0 Å². The van der Waals surface area contributed by atoms with Gasteiger partial charge in [0.1, 0.15) is 0 Å². The van der Waals surface area contributed by atoms with Gasteiger partial charge in [-0.25, -0.2) is 0 Å². The SMILES string of the molecule is Clc1ccc(Nc2nnnc3ccccc23)cc1Cl. The Kier molecular flexibility index (Phi) is 3.19. The minimum Gasteiger partial charge on any atom is -0.338 e. The van der Waals surface area contributed by atoms with Gasteiger partial charge < -0.3 is 5.32 Å². The third-order valence-electron chi connectivity index (χ3n) is 2.64. The molecule has 0 bridgehead atoms. The Bertz CT molecular complexity index is 740. The second kappa shape index (κ2) is 4.99. The first-order valence-corrected chi connectivity index (χ1v) is 6.30. The molecule has 3 aromatic rings. The number of fused-ring (bicyclic) bond motifs is 1. The van der Waals surface area contributed by atoms with Crippen LogP contribution in [0.3, 0.4) is 0 Å². The molecule has 0 aliphatic heterocycles. The van der Waals surface area contributed by atoms with Crippen molar-refractivity contribution < 1.29 is 0 Å². The quantitative estimate of drug-likeness (QED) is 0.773. The Balaban J connectivity index is 2.03. The molecule has 6 heteroatoms. The predicted octanol–water partition coefficient (Wildman–Crippen LogP) is 4.08. The molecule has 4 nitrogen and oxygen atoms in total. The van der Waals surface area contributed by atoms with Crippen LogP contribution in [-0.2, 0) is 0 Å². The average molecular weight is 291 g/mol. The van der Waals surface area contributed by atoms with Gasteiger partial charge in [-0.2, -0.15) is 0 Å². The normalized spacial score (nSPS) is 10.6. The van der Waals surface area contributed by atoms with Gasteiger partial charge in [0.15, 0.2) is 5.82 Å². The molecular formula is C13H8Cl2N4. The van der Waals surface area contributed by atoms with E-state index in [9.17, 15) is 0 Å². The molecule has 0 spiro atoms. The van der Waals surface area contributed by atoms with Gasteiger partial charge >= 0.3 is 0 Å². The molecular weight excluding hydrogens is 283 g/mol. The minimum atomic E-state index is 0.484. The smallest absolute Gasteiger partial charge is 0.164 e. The summed E-state index contributed by atoms with van der Waals surface area (Å²) in [6, 6.07) is 12.9. The summed E-state index contributed by atoms with van der Waals surface area (Å²) in [5, 5.41) is 16.7. The van der Waals surface area contributed by atoms with Gasteiger partial charge in [0.05, 0.1) is 15.6 Å². The molecule has 0 fully saturated rings. The molecule has 0 unspecified atom stereocenters. The highest BCUT2D eigenvalue weighted by atomic mass is 35.5. The minimum absolute atomic E-state index is 0.484. The van der Waals surface area contributed by atoms with Crippen LogP contribution in [0.4, 0.5) is 11.5 Å². The summed E-state index contributed by atoms with van der Waals surface area (Å²) in [5.74, 6) is 0.629. The van der Waals surface area contributed by atoms with Gasteiger partial charge in [-0.05, 0) is 35.5 Å². The zero-order valence-electron chi connectivity index (χ0n) is 9.64. The van der Waals surface area contributed by atoms with E-state index >= 15 is 0 Å². The second-order valence-corrected chi connectivity index (χ2v) is 4.72. The molecule has 1 N–H and O–H groups in total. The van der Waals surface area contributed by atoms with Gasteiger partial charge in [-0.3, -0.25) is 0 Å². The van der Waals surface area contributed by atoms with Gasteiger partial charge in [0.25, 0.3) is 0 Å². The van der Waals surface area contributed by atoms with E-state index in [0.717, 1.165) is 16.6 Å². The van der Waals surface area contributed by atoms with Crippen LogP contribution in [0.15, 0.2) is 42.5 Å². The fourth-order valence-electron chi connectivity index (χ4n) is 1.73. The second-order valence-electron chi connectivity index (χ2n) is 3.91. The van der Waals surface area contributed by atoms with Crippen molar-refractivity contribution in [2.24, 2.45) is 0 Å². The van der Waals surface area contributed by atoms with Gasteiger partial charge in [-0.1, -0.05) is 35.3 Å². The van der Waals surface area contributed by atoms with E-state index in [1.165, 1.54) is 0 Å². The highest BCUT2D eigenvalue weighted by molar-refractivity contribution is 6.42. The number of anilines is 2. The maximum atomic E-state index is 5.98. The van der Waals surface area contributed by atoms with E-state index in [1.807, 2.05) is 30.3 Å². The topological polar surface area (TPSA) is 50.7 Å². The summed E-state index contributed by atoms with van der Waals surface area (Å²) in [7, 11) is 0. The van der Waals surface area contributed by atoms with Gasteiger partial charge in [-0.15, -0.1) is 10.2 Å². The van der Waals surface area contributed by atoms with Crippen LogP contribution < -0.4 is 5.32 Å². The number of rotatable bonds is 2. The van der Waals surface area contributed by atoms with E-state index in [-0.39, 0.29) is 0 Å². The van der Waals surface area contributed by atoms with Crippen LogP contribution in [0, 0.1) is 0 Å². The molecule has 3 rings (SSSR count). The standard InChI is InChI=1S/C13H8Cl2N4/c14-10-6-5-8(7-11(10)15)16-13-9-3-1-2-4-12(9)17-19-18-13/h1-7H,(H,16,17,18). The van der Waals surface area contributed by atoms with Crippen molar-refractivity contribution in [3.05, 3.63) is 52.5 Å². The van der Waals surface area contributed by atoms with Crippen LogP contribution in [0.2, 0.25) is 10.0 Å². The summed E-state index contributed by atoms with van der Waals surface area (Å²) in [4.78, 5) is 0. The first-order valence-electron chi connectivity index (χ1n) is 5.54. The lowest BCUT2D eigenvalue weighted by Gasteiger charge is -2.07. The summed E-state index contributed by atoms with van der Waals surface area (Å²) in [6.45, 7) is 0. The lowest BCUT2D eigenvalue weighted by Crippen LogP contribution is -1.98. The highest BCUT2D eigenvalue weighted by Crippen LogP contribution is 2.28. The van der Waals surface area contributed by atoms with Crippen LogP contribution in [-0.4, -0.2) is 15.4 Å². The molecule has 0 radical (unpaired) electrons. The Hall–Kier alpha value is -1.91. The van der Waals surface area contributed by atoms with E-state index in [4.69, 9.17) is 23.2 Å². The van der Waals surface area contributed by atoms with Crippen molar-refractivity contribution in [1.82, 2.24) is 15.4 Å². The number of benzene rings is 2. The van der Waals surface area contributed by atoms with Crippen molar-refractivity contribution in [2.75, 3.05) is 5.32 Å². The van der Waals surface area contributed by atoms with Crippen molar-refractivity contribution >= 4 is 45.6 Å². The molecule has 0 saturated carbocycles. The summed E-state index contributed by atoms with van der Waals surface area (Å²) >= 11 is 11.9. The van der Waals surface area contributed by atoms with E-state index in [0.29, 0.717) is 15.9 Å². The lowest BCUT2D eigenvalue weighted by atomic mass is 10.2. The molecule has 1 aromatic heterocycles. The first-order chi connectivity index (χ1) is 9.24. The van der Waals surface area contributed by atoms with Crippen LogP contribution in [0.5, 0.6) is 0 Å². The van der Waals surface area contributed by atoms with Crippen LogP contribution >= 0.6 is 23.2 Å². The summed E-state index contributed by atoms with van der Waals surface area (Å²) in [6.07, 6.45) is 0. The van der Waals surface area contributed by atoms with Crippen LogP contribution in [0.25, 0.3) is 10.9 Å². The number of aromatic nitrogens is 3. The largest absolute Gasteiger partial charge is 0.338 e. The molecule has 94 valence electrons. The van der Waals surface area contributed by atoms with Crippen molar-refractivity contribution in [2.45, 2.75) is 0 Å². The number of hydrogen-bond donors (Lipinski definition) is 1. The third-order valence-corrected chi connectivity index (χ3v) is 3.38. The van der Waals surface area contributed by atoms with Crippen molar-refractivity contribution in [3.63, 3.8) is 0 Å². The number of hydrogen-bond acceptors (Lipinski definition) is 4. The fraction of sp³-hybridized carbons (Fsp3) is 0. The Morgan fingerprint density at radius 1 is 0.895 bits per heavy atom. The van der Waals surface area contributed by atoms with Crippen molar-refractivity contribution in [3.8, 4) is 0 Å². The summed E-state index contributed by atoms with van der Waals surface area (Å²) in [5.41, 5.74) is 1.57. The molecule has 0 atom stereocenters. The monoisotopic (exact) mass is 290 g/mol. The predicted molar refractivity (Wildman–Crippen MR) is 77.1 cm³/mol. The molecule has 0 aliphatic rings. The highest BCUT2D eigenvalue weighted by Gasteiger charge is 2.05. The average Bonchev–Trinajstić information content (AvgIpc) is 2.43. The maximum absolute atomic E-state index is 5.98. The molecule has 0 saturated heterocycles. The Morgan fingerprint density at radius 3 is 2.58 bits per heavy atom. The maximum Gasteiger partial charge on any atom is 0.164 e. The summed E-state index contributed by atoms with van der Waals surface area (Å²) < 4.78 is 0. The van der Waals surface area contributed by atoms with Gasteiger partial charge in [0, 0.05) is 11.1 Å². The van der Waals surface area contributed by atoms with E-state index < -0.39 is 0 Å². The van der Waals surface area contributed by atoms with Crippen LogP contribution in [0.1, 0.15) is 0 Å². The first kappa shape index (κ1) is 12.1. The third kappa shape index (κ3) is 2.45. The van der Waals surface area contributed by atoms with E-state index in [1.54, 1.807) is 12.1 Å². The zero-order chi connectivity index (χ0) is 13.2. The molecule has 2 aromatic carbocycles. The zero-order valence-corrected chi connectivity index (χ0v) is 11.2. The molecule has 1 heterocycles.